The van der Waals surface area contributed by atoms with E-state index in [-0.39, 0.29) is 34.7 Å². The maximum absolute atomic E-state index is 13.0. The summed E-state index contributed by atoms with van der Waals surface area (Å²) in [6.45, 7) is -0.0479. The lowest BCUT2D eigenvalue weighted by Gasteiger charge is -2.16. The van der Waals surface area contributed by atoms with E-state index < -0.39 is 27.7 Å². The fourth-order valence-electron chi connectivity index (χ4n) is 2.64. The number of hydrogen-bond donors (Lipinski definition) is 1. The van der Waals surface area contributed by atoms with E-state index in [2.05, 4.69) is 5.32 Å². The minimum Gasteiger partial charge on any atom is -0.495 e. The Hall–Kier alpha value is -2.59. The van der Waals surface area contributed by atoms with Gasteiger partial charge in [-0.2, -0.15) is 13.2 Å². The molecule has 0 atom stereocenters. The van der Waals surface area contributed by atoms with Gasteiger partial charge in [-0.25, -0.2) is 12.7 Å². The lowest BCUT2D eigenvalue weighted by atomic mass is 10.0. The maximum atomic E-state index is 13.0. The Bertz CT molecular complexity index is 989. The number of carbonyl (C=O) groups excluding carboxylic acids is 1. The largest absolute Gasteiger partial charge is 0.495 e. The van der Waals surface area contributed by atoms with Crippen molar-refractivity contribution in [2.45, 2.75) is 17.5 Å². The Kier molecular flexibility index (Phi) is 6.91. The lowest BCUT2D eigenvalue weighted by molar-refractivity contribution is -0.138. The number of rotatable bonds is 7. The topological polar surface area (TPSA) is 75.7 Å². The molecule has 2 aromatic rings. The van der Waals surface area contributed by atoms with Crippen LogP contribution in [0, 0.1) is 0 Å². The van der Waals surface area contributed by atoms with E-state index in [1.165, 1.54) is 57.6 Å². The molecular weight excluding hydrogens is 409 g/mol. The van der Waals surface area contributed by atoms with Crippen LogP contribution in [-0.2, 0) is 22.6 Å². The summed E-state index contributed by atoms with van der Waals surface area (Å²) >= 11 is 0. The average molecular weight is 430 g/mol. The summed E-state index contributed by atoms with van der Waals surface area (Å²) in [6.07, 6.45) is -4.51. The van der Waals surface area contributed by atoms with E-state index in [0.717, 1.165) is 10.4 Å². The predicted molar refractivity (Wildman–Crippen MR) is 101 cm³/mol. The molecule has 0 aliphatic heterocycles. The summed E-state index contributed by atoms with van der Waals surface area (Å²) in [5.41, 5.74) is -0.640. The monoisotopic (exact) mass is 430 g/mol. The number of amides is 1. The Balaban J connectivity index is 2.17. The molecule has 0 saturated heterocycles. The van der Waals surface area contributed by atoms with Crippen molar-refractivity contribution in [3.63, 3.8) is 0 Å². The quantitative estimate of drug-likeness (QED) is 0.733. The molecule has 0 spiro atoms. The van der Waals surface area contributed by atoms with Gasteiger partial charge < -0.3 is 10.1 Å². The second-order valence-corrected chi connectivity index (χ2v) is 8.43. The van der Waals surface area contributed by atoms with Crippen molar-refractivity contribution in [3.05, 3.63) is 59.2 Å². The van der Waals surface area contributed by atoms with Gasteiger partial charge in [0.15, 0.2) is 0 Å². The van der Waals surface area contributed by atoms with Crippen LogP contribution >= 0.6 is 0 Å². The number of hydrogen-bond acceptors (Lipinski definition) is 4. The number of alkyl halides is 3. The van der Waals surface area contributed by atoms with Crippen molar-refractivity contribution in [1.82, 2.24) is 9.62 Å². The number of sulfonamides is 1. The summed E-state index contributed by atoms with van der Waals surface area (Å²) in [7, 11) is 0.143. The highest BCUT2D eigenvalue weighted by Crippen LogP contribution is 2.32. The lowest BCUT2D eigenvalue weighted by Crippen LogP contribution is -2.27. The van der Waals surface area contributed by atoms with E-state index in [1.54, 1.807) is 0 Å². The second kappa shape index (κ2) is 8.83. The van der Waals surface area contributed by atoms with Gasteiger partial charge >= 0.3 is 6.18 Å². The van der Waals surface area contributed by atoms with E-state index in [0.29, 0.717) is 0 Å². The van der Waals surface area contributed by atoms with Crippen LogP contribution in [0.1, 0.15) is 21.5 Å². The van der Waals surface area contributed by atoms with Crippen molar-refractivity contribution in [2.75, 3.05) is 27.7 Å². The first kappa shape index (κ1) is 22.7. The van der Waals surface area contributed by atoms with Crippen molar-refractivity contribution < 1.29 is 31.1 Å². The Morgan fingerprint density at radius 3 is 2.38 bits per heavy atom. The molecule has 2 aromatic carbocycles. The molecular formula is C19H21F3N2O4S. The van der Waals surface area contributed by atoms with Gasteiger partial charge in [0.25, 0.3) is 5.91 Å². The molecule has 1 N–H and O–H groups in total. The third-order valence-corrected chi connectivity index (χ3v) is 6.02. The summed E-state index contributed by atoms with van der Waals surface area (Å²) in [4.78, 5) is 12.2. The molecule has 0 unspecified atom stereocenters. The van der Waals surface area contributed by atoms with Crippen LogP contribution in [0.25, 0.3) is 0 Å². The third kappa shape index (κ3) is 5.27. The average Bonchev–Trinajstić information content (AvgIpc) is 2.66. The fraction of sp³-hybridized carbons (Fsp3) is 0.316. The summed E-state index contributed by atoms with van der Waals surface area (Å²) in [6, 6.07) is 9.04. The van der Waals surface area contributed by atoms with Gasteiger partial charge in [0.1, 0.15) is 10.6 Å². The molecule has 0 heterocycles. The molecule has 6 nitrogen and oxygen atoms in total. The zero-order valence-electron chi connectivity index (χ0n) is 16.1. The van der Waals surface area contributed by atoms with Gasteiger partial charge in [0.2, 0.25) is 10.0 Å². The van der Waals surface area contributed by atoms with E-state index in [1.807, 2.05) is 0 Å². The third-order valence-electron chi connectivity index (χ3n) is 4.19. The molecule has 2 rings (SSSR count). The van der Waals surface area contributed by atoms with E-state index >= 15 is 0 Å². The molecule has 29 heavy (non-hydrogen) atoms. The summed E-state index contributed by atoms with van der Waals surface area (Å²) in [5.74, 6) is -0.526. The maximum Gasteiger partial charge on any atom is 0.416 e. The minimum atomic E-state index is -4.48. The Morgan fingerprint density at radius 1 is 1.14 bits per heavy atom. The number of nitrogens with one attached hydrogen (secondary N) is 1. The first-order valence-corrected chi connectivity index (χ1v) is 9.96. The smallest absolute Gasteiger partial charge is 0.416 e. The molecule has 0 aliphatic rings. The highest BCUT2D eigenvalue weighted by atomic mass is 32.2. The standard InChI is InChI=1S/C19H21F3N2O4S/c1-24(2)29(26,27)17-12-14(8-9-16(17)28-3)18(25)23-11-10-13-6-4-5-7-15(13)19(20,21)22/h4-9,12H,10-11H2,1-3H3,(H,23,25). The molecule has 0 aromatic heterocycles. The van der Waals surface area contributed by atoms with Crippen molar-refractivity contribution >= 4 is 15.9 Å². The SMILES string of the molecule is COc1ccc(C(=O)NCCc2ccccc2C(F)(F)F)cc1S(=O)(=O)N(C)C. The summed E-state index contributed by atoms with van der Waals surface area (Å²) < 4.78 is 70.0. The van der Waals surface area contributed by atoms with Gasteiger partial charge in [0.05, 0.1) is 12.7 Å². The highest BCUT2D eigenvalue weighted by molar-refractivity contribution is 7.89. The van der Waals surface area contributed by atoms with Crippen LogP contribution in [-0.4, -0.2) is 46.4 Å². The molecule has 0 fully saturated rings. The molecule has 0 saturated carbocycles. The first-order valence-electron chi connectivity index (χ1n) is 8.52. The first-order chi connectivity index (χ1) is 13.5. The van der Waals surface area contributed by atoms with Crippen LogP contribution in [0.15, 0.2) is 47.4 Å². The molecule has 0 bridgehead atoms. The summed E-state index contributed by atoms with van der Waals surface area (Å²) in [5, 5.41) is 2.52. The number of carbonyl (C=O) groups is 1. The number of ether oxygens (including phenoxy) is 1. The number of methoxy groups -OCH3 is 1. The highest BCUT2D eigenvalue weighted by Gasteiger charge is 2.32. The van der Waals surface area contributed by atoms with Gasteiger partial charge in [-0.3, -0.25) is 4.79 Å². The Labute approximate surface area is 167 Å². The van der Waals surface area contributed by atoms with E-state index in [4.69, 9.17) is 4.74 Å². The van der Waals surface area contributed by atoms with Crippen molar-refractivity contribution in [2.24, 2.45) is 0 Å². The zero-order valence-corrected chi connectivity index (χ0v) is 16.9. The zero-order chi connectivity index (χ0) is 21.8. The van der Waals surface area contributed by atoms with Crippen LogP contribution in [0.2, 0.25) is 0 Å². The van der Waals surface area contributed by atoms with Gasteiger partial charge in [-0.15, -0.1) is 0 Å². The minimum absolute atomic E-state index is 0.0273. The van der Waals surface area contributed by atoms with Gasteiger partial charge in [0, 0.05) is 26.2 Å². The van der Waals surface area contributed by atoms with Gasteiger partial charge in [-0.1, -0.05) is 18.2 Å². The van der Waals surface area contributed by atoms with Crippen molar-refractivity contribution in [3.8, 4) is 5.75 Å². The molecule has 0 radical (unpaired) electrons. The predicted octanol–water partition coefficient (Wildman–Crippen LogP) is 2.94. The van der Waals surface area contributed by atoms with Crippen LogP contribution in [0.5, 0.6) is 5.75 Å². The van der Waals surface area contributed by atoms with Gasteiger partial charge in [-0.05, 0) is 36.2 Å². The fourth-order valence-corrected chi connectivity index (χ4v) is 3.72. The number of nitrogens with zero attached hydrogens (tertiary/aromatic N) is 1. The van der Waals surface area contributed by atoms with Crippen LogP contribution < -0.4 is 10.1 Å². The number of halogens is 3. The van der Waals surface area contributed by atoms with Crippen LogP contribution in [0.4, 0.5) is 13.2 Å². The molecule has 158 valence electrons. The Morgan fingerprint density at radius 2 is 1.79 bits per heavy atom. The molecule has 1 amide bonds. The van der Waals surface area contributed by atoms with Crippen LogP contribution in [0.3, 0.4) is 0 Å². The second-order valence-electron chi connectivity index (χ2n) is 6.31. The number of benzene rings is 2. The van der Waals surface area contributed by atoms with E-state index in [9.17, 15) is 26.4 Å². The molecule has 0 aliphatic carbocycles. The van der Waals surface area contributed by atoms with Crippen molar-refractivity contribution in [1.29, 1.82) is 0 Å². The molecule has 10 heteroatoms. The normalized spacial score (nSPS) is 12.1.